The van der Waals surface area contributed by atoms with E-state index in [0.29, 0.717) is 6.61 Å². The van der Waals surface area contributed by atoms with Gasteiger partial charge in [-0.15, -0.1) is 0 Å². The molecule has 1 unspecified atom stereocenters. The van der Waals surface area contributed by atoms with Crippen molar-refractivity contribution in [1.29, 1.82) is 0 Å². The molecule has 4 aromatic carbocycles. The van der Waals surface area contributed by atoms with E-state index < -0.39 is 0 Å². The van der Waals surface area contributed by atoms with Crippen LogP contribution in [0.4, 0.5) is 0 Å². The molecule has 0 bridgehead atoms. The van der Waals surface area contributed by atoms with Crippen LogP contribution in [0.1, 0.15) is 28.3 Å². The molecule has 0 aromatic heterocycles. The third-order valence-electron chi connectivity index (χ3n) is 5.22. The van der Waals surface area contributed by atoms with Gasteiger partial charge in [-0.2, -0.15) is 5.06 Å². The van der Waals surface area contributed by atoms with Crippen molar-refractivity contribution in [3.8, 4) is 0 Å². The van der Waals surface area contributed by atoms with Gasteiger partial charge in [-0.1, -0.05) is 121 Å². The van der Waals surface area contributed by atoms with E-state index in [1.807, 2.05) is 6.07 Å². The van der Waals surface area contributed by atoms with E-state index in [-0.39, 0.29) is 6.04 Å². The zero-order valence-electron chi connectivity index (χ0n) is 17.1. The maximum atomic E-state index is 6.45. The maximum Gasteiger partial charge on any atom is 0.0936 e. The topological polar surface area (TPSA) is 12.5 Å². The zero-order valence-corrected chi connectivity index (χ0v) is 17.1. The molecule has 4 aromatic rings. The van der Waals surface area contributed by atoms with Crippen molar-refractivity contribution in [2.75, 3.05) is 0 Å². The summed E-state index contributed by atoms with van der Waals surface area (Å²) < 4.78 is 0. The fourth-order valence-electron chi connectivity index (χ4n) is 3.64. The summed E-state index contributed by atoms with van der Waals surface area (Å²) in [4.78, 5) is 6.45. The number of nitrogens with zero attached hydrogens (tertiary/aromatic N) is 1. The molecule has 0 aliphatic rings. The summed E-state index contributed by atoms with van der Waals surface area (Å²) in [5.41, 5.74) is 4.96. The molecule has 0 fully saturated rings. The van der Waals surface area contributed by atoms with Gasteiger partial charge in [0.05, 0.1) is 12.6 Å². The first-order valence-electron chi connectivity index (χ1n) is 10.4. The highest BCUT2D eigenvalue weighted by molar-refractivity contribution is 5.24. The summed E-state index contributed by atoms with van der Waals surface area (Å²) in [7, 11) is 0. The van der Waals surface area contributed by atoms with E-state index in [2.05, 4.69) is 120 Å². The number of hydrogen-bond acceptors (Lipinski definition) is 2. The van der Waals surface area contributed by atoms with Crippen molar-refractivity contribution in [3.05, 3.63) is 144 Å². The predicted molar refractivity (Wildman–Crippen MR) is 123 cm³/mol. The molecule has 0 saturated heterocycles. The highest BCUT2D eigenvalue weighted by Crippen LogP contribution is 2.28. The Labute approximate surface area is 179 Å². The Bertz CT molecular complexity index is 988. The molecule has 0 amide bonds. The van der Waals surface area contributed by atoms with Crippen LogP contribution in [0, 0.1) is 0 Å². The molecule has 0 aliphatic carbocycles. The Kier molecular flexibility index (Phi) is 7.06. The summed E-state index contributed by atoms with van der Waals surface area (Å²) in [6, 6.07) is 42.3. The zero-order chi connectivity index (χ0) is 20.4. The normalized spacial score (nSPS) is 12.0. The van der Waals surface area contributed by atoms with E-state index in [4.69, 9.17) is 4.84 Å². The highest BCUT2D eigenvalue weighted by Gasteiger charge is 2.22. The van der Waals surface area contributed by atoms with E-state index in [1.54, 1.807) is 0 Å². The smallest absolute Gasteiger partial charge is 0.0936 e. The fraction of sp³-hybridized carbons (Fsp3) is 0.143. The molecule has 30 heavy (non-hydrogen) atoms. The second-order valence-electron chi connectivity index (χ2n) is 7.44. The first-order valence-corrected chi connectivity index (χ1v) is 10.4. The first kappa shape index (κ1) is 20.1. The Morgan fingerprint density at radius 2 is 1.00 bits per heavy atom. The highest BCUT2D eigenvalue weighted by atomic mass is 16.7. The quantitative estimate of drug-likeness (QED) is 0.297. The Balaban J connectivity index is 1.63. The Morgan fingerprint density at radius 1 is 0.533 bits per heavy atom. The second-order valence-corrected chi connectivity index (χ2v) is 7.44. The van der Waals surface area contributed by atoms with Gasteiger partial charge in [0.2, 0.25) is 0 Å². The molecule has 2 heteroatoms. The summed E-state index contributed by atoms with van der Waals surface area (Å²) in [5, 5.41) is 2.14. The van der Waals surface area contributed by atoms with Crippen LogP contribution >= 0.6 is 0 Å². The number of hydrogen-bond donors (Lipinski definition) is 0. The summed E-state index contributed by atoms with van der Waals surface area (Å²) >= 11 is 0. The summed E-state index contributed by atoms with van der Waals surface area (Å²) in [6.07, 6.45) is 0.881. The van der Waals surface area contributed by atoms with Crippen LogP contribution < -0.4 is 0 Å². The molecule has 0 heterocycles. The van der Waals surface area contributed by atoms with Crippen molar-refractivity contribution in [3.63, 3.8) is 0 Å². The monoisotopic (exact) mass is 393 g/mol. The first-order chi connectivity index (χ1) is 14.9. The van der Waals surface area contributed by atoms with Crippen molar-refractivity contribution in [2.24, 2.45) is 0 Å². The maximum absolute atomic E-state index is 6.45. The lowest BCUT2D eigenvalue weighted by Crippen LogP contribution is -2.30. The fourth-order valence-corrected chi connectivity index (χ4v) is 3.64. The Morgan fingerprint density at radius 3 is 1.57 bits per heavy atom. The van der Waals surface area contributed by atoms with Crippen LogP contribution in [0.2, 0.25) is 0 Å². The van der Waals surface area contributed by atoms with Crippen LogP contribution in [0.3, 0.4) is 0 Å². The Hall–Kier alpha value is -3.20. The third kappa shape index (κ3) is 5.66. The van der Waals surface area contributed by atoms with Gasteiger partial charge in [0.15, 0.2) is 0 Å². The summed E-state index contributed by atoms with van der Waals surface area (Å²) in [5.74, 6) is 0. The van der Waals surface area contributed by atoms with Gasteiger partial charge < -0.3 is 0 Å². The third-order valence-corrected chi connectivity index (χ3v) is 5.22. The van der Waals surface area contributed by atoms with E-state index in [1.165, 1.54) is 22.3 Å². The molecule has 150 valence electrons. The number of rotatable bonds is 9. The molecular formula is C28H27NO. The van der Waals surface area contributed by atoms with Crippen molar-refractivity contribution in [1.82, 2.24) is 5.06 Å². The number of hydroxylamine groups is 2. The lowest BCUT2D eigenvalue weighted by molar-refractivity contribution is -0.206. The second kappa shape index (κ2) is 10.5. The van der Waals surface area contributed by atoms with Crippen molar-refractivity contribution >= 4 is 0 Å². The van der Waals surface area contributed by atoms with Gasteiger partial charge in [0, 0.05) is 6.54 Å². The molecule has 0 N–H and O–H groups in total. The van der Waals surface area contributed by atoms with Gasteiger partial charge in [-0.25, -0.2) is 0 Å². The predicted octanol–water partition coefficient (Wildman–Crippen LogP) is 6.60. The summed E-state index contributed by atoms with van der Waals surface area (Å²) in [6.45, 7) is 1.27. The molecule has 1 atom stereocenters. The van der Waals surface area contributed by atoms with Crippen molar-refractivity contribution < 1.29 is 4.84 Å². The lowest BCUT2D eigenvalue weighted by Gasteiger charge is -2.31. The SMILES string of the molecule is c1ccc(CON(Cc2ccccc2)C(Cc2ccccc2)c2ccccc2)cc1. The average Bonchev–Trinajstić information content (AvgIpc) is 2.83. The van der Waals surface area contributed by atoms with E-state index >= 15 is 0 Å². The molecule has 2 nitrogen and oxygen atoms in total. The molecule has 0 saturated carbocycles. The van der Waals surface area contributed by atoms with Gasteiger partial charge in [0.1, 0.15) is 0 Å². The van der Waals surface area contributed by atoms with Gasteiger partial charge in [0.25, 0.3) is 0 Å². The van der Waals surface area contributed by atoms with E-state index in [9.17, 15) is 0 Å². The van der Waals surface area contributed by atoms with Crippen LogP contribution in [0.25, 0.3) is 0 Å². The number of benzene rings is 4. The average molecular weight is 394 g/mol. The minimum absolute atomic E-state index is 0.109. The minimum atomic E-state index is 0.109. The van der Waals surface area contributed by atoms with Crippen LogP contribution in [0.5, 0.6) is 0 Å². The van der Waals surface area contributed by atoms with Gasteiger partial charge in [-0.05, 0) is 28.7 Å². The minimum Gasteiger partial charge on any atom is -0.293 e. The van der Waals surface area contributed by atoms with Crippen LogP contribution in [-0.2, 0) is 24.4 Å². The molecule has 0 spiro atoms. The van der Waals surface area contributed by atoms with Gasteiger partial charge in [-0.3, -0.25) is 4.84 Å². The van der Waals surface area contributed by atoms with Crippen LogP contribution in [-0.4, -0.2) is 5.06 Å². The van der Waals surface area contributed by atoms with Crippen molar-refractivity contribution in [2.45, 2.75) is 25.6 Å². The molecule has 0 radical (unpaired) electrons. The van der Waals surface area contributed by atoms with Crippen LogP contribution in [0.15, 0.2) is 121 Å². The largest absolute Gasteiger partial charge is 0.293 e. The molecule has 0 aliphatic heterocycles. The van der Waals surface area contributed by atoms with E-state index in [0.717, 1.165) is 13.0 Å². The molecular weight excluding hydrogens is 366 g/mol. The standard InChI is InChI=1S/C28H27NO/c1-5-13-24(14-6-1)21-28(27-19-11-4-12-20-27)29(22-25-15-7-2-8-16-25)30-23-26-17-9-3-10-18-26/h1-20,28H,21-23H2. The molecule has 4 rings (SSSR count). The van der Waals surface area contributed by atoms with Gasteiger partial charge >= 0.3 is 0 Å². The lowest BCUT2D eigenvalue weighted by atomic mass is 9.98.